The number of likely N-dealkylation sites (tertiary alicyclic amines) is 1. The lowest BCUT2D eigenvalue weighted by Gasteiger charge is -2.30. The molecular weight excluding hydrogens is 407 g/mol. The third-order valence-corrected chi connectivity index (χ3v) is 6.45. The zero-order valence-electron chi connectivity index (χ0n) is 17.5. The lowest BCUT2D eigenvalue weighted by atomic mass is 10.1. The number of hydrogen-bond acceptors (Lipinski definition) is 3. The minimum atomic E-state index is -3.88. The summed E-state index contributed by atoms with van der Waals surface area (Å²) in [6.45, 7) is 1.78. The van der Waals surface area contributed by atoms with Crippen LogP contribution in [-0.2, 0) is 11.0 Å². The Hall–Kier alpha value is -3.04. The van der Waals surface area contributed by atoms with Crippen LogP contribution < -0.4 is 9.05 Å². The average molecular weight is 434 g/mol. The Balaban J connectivity index is 1.70. The molecule has 0 saturated carbocycles. The summed E-state index contributed by atoms with van der Waals surface area (Å²) in [5, 5.41) is 0. The van der Waals surface area contributed by atoms with E-state index >= 15 is 0 Å². The van der Waals surface area contributed by atoms with Gasteiger partial charge >= 0.3 is 7.75 Å². The molecule has 0 unspecified atom stereocenters. The monoisotopic (exact) mass is 434 g/mol. The molecule has 0 bridgehead atoms. The molecule has 0 aromatic heterocycles. The van der Waals surface area contributed by atoms with Crippen LogP contribution >= 0.6 is 7.75 Å². The first kappa shape index (κ1) is 21.2. The van der Waals surface area contributed by atoms with Crippen LogP contribution in [0.15, 0.2) is 95.8 Å². The van der Waals surface area contributed by atoms with Gasteiger partial charge in [0.25, 0.3) is 0 Å². The first-order chi connectivity index (χ1) is 15.2. The number of para-hydroxylation sites is 2. The van der Waals surface area contributed by atoms with Crippen molar-refractivity contribution in [3.8, 4) is 11.5 Å². The molecule has 0 atom stereocenters. The Kier molecular flexibility index (Phi) is 7.06. The van der Waals surface area contributed by atoms with Gasteiger partial charge in [0.05, 0.1) is 0 Å². The number of hydrogen-bond donors (Lipinski definition) is 0. The van der Waals surface area contributed by atoms with Gasteiger partial charge in [-0.2, -0.15) is 0 Å². The minimum Gasteiger partial charge on any atom is -0.399 e. The second kappa shape index (κ2) is 10.3. The second-order valence-electron chi connectivity index (χ2n) is 7.50. The van der Waals surface area contributed by atoms with Crippen molar-refractivity contribution in [3.63, 3.8) is 0 Å². The highest BCUT2D eigenvalue weighted by molar-refractivity contribution is 7.53. The summed E-state index contributed by atoms with van der Waals surface area (Å²) < 4.78 is 30.4. The molecule has 3 aromatic carbocycles. The summed E-state index contributed by atoms with van der Waals surface area (Å²) in [5.74, 6) is 1.66. The number of piperidine rings is 1. The molecule has 0 spiro atoms. The lowest BCUT2D eigenvalue weighted by molar-refractivity contribution is 0.335. The van der Waals surface area contributed by atoms with Crippen molar-refractivity contribution < 1.29 is 13.6 Å². The molecule has 4 rings (SSSR count). The zero-order chi connectivity index (χ0) is 21.4. The molecule has 31 heavy (non-hydrogen) atoms. The van der Waals surface area contributed by atoms with E-state index in [0.717, 1.165) is 37.3 Å². The highest BCUT2D eigenvalue weighted by Crippen LogP contribution is 2.50. The van der Waals surface area contributed by atoms with E-state index in [2.05, 4.69) is 21.8 Å². The van der Waals surface area contributed by atoms with Crippen LogP contribution in [0.4, 0.5) is 0 Å². The topological polar surface area (TPSA) is 51.1 Å². The summed E-state index contributed by atoms with van der Waals surface area (Å²) in [7, 11) is -3.88. The fourth-order valence-corrected chi connectivity index (χ4v) is 4.95. The average Bonchev–Trinajstić information content (AvgIpc) is 2.81. The summed E-state index contributed by atoms with van der Waals surface area (Å²) >= 11 is 0. The predicted molar refractivity (Wildman–Crippen MR) is 125 cm³/mol. The first-order valence-electron chi connectivity index (χ1n) is 10.7. The van der Waals surface area contributed by atoms with E-state index in [9.17, 15) is 4.57 Å². The van der Waals surface area contributed by atoms with Crippen molar-refractivity contribution in [3.05, 3.63) is 96.6 Å². The Bertz CT molecular complexity index is 975. The molecule has 3 aromatic rings. The number of benzene rings is 3. The summed E-state index contributed by atoms with van der Waals surface area (Å²) in [5.41, 5.74) is 1.11. The van der Waals surface area contributed by atoms with Crippen molar-refractivity contribution in [2.75, 3.05) is 13.1 Å². The SMILES string of the molecule is O=P(/N=C(/Cc1ccccc1)N1CCCCC1)(Oc1ccccc1)Oc1ccccc1. The molecule has 160 valence electrons. The Morgan fingerprint density at radius 2 is 1.23 bits per heavy atom. The number of amidine groups is 1. The van der Waals surface area contributed by atoms with Gasteiger partial charge < -0.3 is 13.9 Å². The third kappa shape index (κ3) is 6.22. The van der Waals surface area contributed by atoms with E-state index in [0.29, 0.717) is 17.9 Å². The van der Waals surface area contributed by atoms with Gasteiger partial charge in [-0.1, -0.05) is 66.7 Å². The van der Waals surface area contributed by atoms with Crippen LogP contribution in [0.25, 0.3) is 0 Å². The summed E-state index contributed by atoms with van der Waals surface area (Å²) in [4.78, 5) is 2.21. The third-order valence-electron chi connectivity index (χ3n) is 5.09. The van der Waals surface area contributed by atoms with Gasteiger partial charge in [0.2, 0.25) is 0 Å². The molecular formula is C25H27N2O3P. The van der Waals surface area contributed by atoms with E-state index < -0.39 is 7.75 Å². The highest BCUT2D eigenvalue weighted by atomic mass is 31.2. The maximum atomic E-state index is 13.9. The fourth-order valence-electron chi connectivity index (χ4n) is 3.57. The fraction of sp³-hybridized carbons (Fsp3) is 0.240. The van der Waals surface area contributed by atoms with Crippen molar-refractivity contribution >= 4 is 13.6 Å². The molecule has 1 fully saturated rings. The van der Waals surface area contributed by atoms with Crippen LogP contribution in [0.2, 0.25) is 0 Å². The van der Waals surface area contributed by atoms with E-state index in [-0.39, 0.29) is 0 Å². The molecule has 1 aliphatic rings. The normalized spacial score (nSPS) is 14.8. The van der Waals surface area contributed by atoms with Crippen LogP contribution in [0.1, 0.15) is 24.8 Å². The second-order valence-corrected chi connectivity index (χ2v) is 9.01. The van der Waals surface area contributed by atoms with E-state index in [1.807, 2.05) is 54.6 Å². The Morgan fingerprint density at radius 1 is 0.742 bits per heavy atom. The quantitative estimate of drug-likeness (QED) is 0.246. The largest absolute Gasteiger partial charge is 0.564 e. The van der Waals surface area contributed by atoms with Crippen molar-refractivity contribution in [1.29, 1.82) is 0 Å². The summed E-state index contributed by atoms with van der Waals surface area (Å²) in [6.07, 6.45) is 3.96. The van der Waals surface area contributed by atoms with Crippen LogP contribution in [0, 0.1) is 0 Å². The molecule has 0 amide bonds. The lowest BCUT2D eigenvalue weighted by Crippen LogP contribution is -2.37. The van der Waals surface area contributed by atoms with Gasteiger partial charge in [-0.05, 0) is 49.1 Å². The minimum absolute atomic E-state index is 0.461. The van der Waals surface area contributed by atoms with Crippen molar-refractivity contribution in [2.45, 2.75) is 25.7 Å². The smallest absolute Gasteiger partial charge is 0.399 e. The van der Waals surface area contributed by atoms with Gasteiger partial charge in [0.15, 0.2) is 0 Å². The van der Waals surface area contributed by atoms with Gasteiger partial charge in [-0.25, -0.2) is 4.57 Å². The maximum absolute atomic E-state index is 13.9. The molecule has 0 N–H and O–H groups in total. The highest BCUT2D eigenvalue weighted by Gasteiger charge is 2.31. The molecule has 0 aliphatic carbocycles. The molecule has 1 aliphatic heterocycles. The zero-order valence-corrected chi connectivity index (χ0v) is 18.4. The molecule has 1 saturated heterocycles. The van der Waals surface area contributed by atoms with Crippen LogP contribution in [0.5, 0.6) is 11.5 Å². The Labute approximate surface area is 183 Å². The van der Waals surface area contributed by atoms with E-state index in [4.69, 9.17) is 9.05 Å². The van der Waals surface area contributed by atoms with Crippen LogP contribution in [-0.4, -0.2) is 23.8 Å². The number of rotatable bonds is 7. The van der Waals surface area contributed by atoms with Gasteiger partial charge in [-0.3, -0.25) is 0 Å². The van der Waals surface area contributed by atoms with Gasteiger partial charge in [0, 0.05) is 19.5 Å². The van der Waals surface area contributed by atoms with Gasteiger partial charge in [0.1, 0.15) is 17.3 Å². The standard InChI is InChI=1S/C25H27N2O3P/c28-31(29-23-15-7-2-8-16-23,30-24-17-9-3-10-18-24)26-25(27-19-11-4-12-20-27)21-22-13-5-1-6-14-22/h1-3,5-10,13-18H,4,11-12,19-21H2/b26-25-. The molecule has 1 heterocycles. The summed E-state index contributed by atoms with van der Waals surface area (Å²) in [6, 6.07) is 28.2. The molecule has 6 heteroatoms. The maximum Gasteiger partial charge on any atom is 0.564 e. The molecule has 0 radical (unpaired) electrons. The first-order valence-corrected chi connectivity index (χ1v) is 12.2. The van der Waals surface area contributed by atoms with Crippen molar-refractivity contribution in [2.24, 2.45) is 4.76 Å². The number of nitrogens with zero attached hydrogens (tertiary/aromatic N) is 2. The predicted octanol–water partition coefficient (Wildman–Crippen LogP) is 6.38. The Morgan fingerprint density at radius 3 is 1.74 bits per heavy atom. The van der Waals surface area contributed by atoms with E-state index in [1.165, 1.54) is 6.42 Å². The van der Waals surface area contributed by atoms with Crippen LogP contribution in [0.3, 0.4) is 0 Å². The van der Waals surface area contributed by atoms with E-state index in [1.54, 1.807) is 24.3 Å². The molecule has 5 nitrogen and oxygen atoms in total. The van der Waals surface area contributed by atoms with Crippen molar-refractivity contribution in [1.82, 2.24) is 4.90 Å². The van der Waals surface area contributed by atoms with Gasteiger partial charge in [-0.15, -0.1) is 4.76 Å².